The van der Waals surface area contributed by atoms with Crippen molar-refractivity contribution in [1.82, 2.24) is 4.90 Å². The molecule has 130 valence electrons. The van der Waals surface area contributed by atoms with Gasteiger partial charge in [0.05, 0.1) is 23.0 Å². The van der Waals surface area contributed by atoms with Crippen LogP contribution in [0.3, 0.4) is 0 Å². The molecule has 0 atom stereocenters. The molecule has 1 saturated heterocycles. The lowest BCUT2D eigenvalue weighted by Gasteiger charge is -2.26. The Bertz CT molecular complexity index is 809. The second-order valence-corrected chi connectivity index (χ2v) is 6.96. The molecule has 1 heterocycles. The van der Waals surface area contributed by atoms with Crippen molar-refractivity contribution in [2.45, 2.75) is 9.79 Å². The molecule has 1 fully saturated rings. The fourth-order valence-corrected chi connectivity index (χ4v) is 3.70. The normalized spacial score (nSPS) is 14.4. The summed E-state index contributed by atoms with van der Waals surface area (Å²) in [6.07, 6.45) is 0. The lowest BCUT2D eigenvalue weighted by molar-refractivity contribution is -0.387. The number of amides is 1. The van der Waals surface area contributed by atoms with Crippen molar-refractivity contribution >= 4 is 35.0 Å². The first-order valence-electron chi connectivity index (χ1n) is 7.63. The van der Waals surface area contributed by atoms with E-state index in [1.54, 1.807) is 35.2 Å². The van der Waals surface area contributed by atoms with E-state index < -0.39 is 4.92 Å². The van der Waals surface area contributed by atoms with Gasteiger partial charge in [-0.25, -0.2) is 0 Å². The highest BCUT2D eigenvalue weighted by atomic mass is 35.5. The van der Waals surface area contributed by atoms with Gasteiger partial charge < -0.3 is 9.64 Å². The van der Waals surface area contributed by atoms with E-state index in [1.807, 2.05) is 6.07 Å². The third kappa shape index (κ3) is 4.31. The van der Waals surface area contributed by atoms with Gasteiger partial charge in [0.25, 0.3) is 11.6 Å². The minimum absolute atomic E-state index is 0.0934. The number of carbonyl (C=O) groups excluding carboxylic acids is 1. The smallest absolute Gasteiger partial charge is 0.284 e. The van der Waals surface area contributed by atoms with Gasteiger partial charge in [0.1, 0.15) is 0 Å². The molecule has 0 aromatic heterocycles. The van der Waals surface area contributed by atoms with E-state index in [4.69, 9.17) is 16.3 Å². The number of carbonyl (C=O) groups is 1. The Morgan fingerprint density at radius 2 is 1.96 bits per heavy atom. The Hall–Kier alpha value is -2.09. The fourth-order valence-electron chi connectivity index (χ4n) is 2.49. The summed E-state index contributed by atoms with van der Waals surface area (Å²) < 4.78 is 5.23. The highest BCUT2D eigenvalue weighted by Crippen LogP contribution is 2.36. The number of halogens is 1. The Labute approximate surface area is 153 Å². The van der Waals surface area contributed by atoms with Crippen LogP contribution in [0.2, 0.25) is 5.02 Å². The molecule has 1 aliphatic heterocycles. The molecule has 0 bridgehead atoms. The van der Waals surface area contributed by atoms with E-state index in [9.17, 15) is 14.9 Å². The zero-order chi connectivity index (χ0) is 17.8. The molecule has 0 spiro atoms. The highest BCUT2D eigenvalue weighted by Gasteiger charge is 2.23. The topological polar surface area (TPSA) is 72.7 Å². The minimum Gasteiger partial charge on any atom is -0.378 e. The molecule has 0 radical (unpaired) electrons. The van der Waals surface area contributed by atoms with E-state index in [0.29, 0.717) is 41.8 Å². The van der Waals surface area contributed by atoms with Gasteiger partial charge in [0.15, 0.2) is 0 Å². The van der Waals surface area contributed by atoms with Crippen LogP contribution < -0.4 is 0 Å². The van der Waals surface area contributed by atoms with E-state index in [-0.39, 0.29) is 11.6 Å². The monoisotopic (exact) mass is 378 g/mol. The van der Waals surface area contributed by atoms with Crippen LogP contribution in [0, 0.1) is 10.1 Å². The summed E-state index contributed by atoms with van der Waals surface area (Å²) in [4.78, 5) is 26.4. The van der Waals surface area contributed by atoms with Crippen molar-refractivity contribution in [3.8, 4) is 0 Å². The van der Waals surface area contributed by atoms with Crippen molar-refractivity contribution in [3.63, 3.8) is 0 Å². The number of nitrogens with zero attached hydrogens (tertiary/aromatic N) is 2. The van der Waals surface area contributed by atoms with E-state index in [0.717, 1.165) is 4.90 Å². The Balaban J connectivity index is 1.87. The number of nitro groups is 1. The van der Waals surface area contributed by atoms with E-state index in [1.165, 1.54) is 17.8 Å². The van der Waals surface area contributed by atoms with Crippen molar-refractivity contribution in [2.24, 2.45) is 0 Å². The van der Waals surface area contributed by atoms with E-state index in [2.05, 4.69) is 0 Å². The molecule has 3 rings (SSSR count). The third-order valence-corrected chi connectivity index (χ3v) is 5.01. The highest BCUT2D eigenvalue weighted by molar-refractivity contribution is 7.99. The standard InChI is InChI=1S/C17H15ClN2O4S/c18-13-2-1-3-14(11-13)25-16-5-4-12(10-15(16)20(22)23)17(21)19-6-8-24-9-7-19/h1-5,10-11H,6-9H2. The largest absolute Gasteiger partial charge is 0.378 e. The maximum atomic E-state index is 12.5. The van der Waals surface area contributed by atoms with Crippen LogP contribution in [0.1, 0.15) is 10.4 Å². The average molecular weight is 379 g/mol. The summed E-state index contributed by atoms with van der Waals surface area (Å²) in [5.41, 5.74) is 0.216. The summed E-state index contributed by atoms with van der Waals surface area (Å²) >= 11 is 7.20. The first kappa shape index (κ1) is 17.7. The van der Waals surface area contributed by atoms with Gasteiger partial charge in [-0.05, 0) is 30.3 Å². The van der Waals surface area contributed by atoms with Gasteiger partial charge in [-0.1, -0.05) is 29.4 Å². The molecule has 6 nitrogen and oxygen atoms in total. The minimum atomic E-state index is -0.469. The van der Waals surface area contributed by atoms with Crippen molar-refractivity contribution < 1.29 is 14.5 Å². The molecule has 2 aromatic rings. The summed E-state index contributed by atoms with van der Waals surface area (Å²) in [7, 11) is 0. The van der Waals surface area contributed by atoms with Crippen molar-refractivity contribution in [1.29, 1.82) is 0 Å². The summed E-state index contributed by atoms with van der Waals surface area (Å²) in [5.74, 6) is -0.217. The Morgan fingerprint density at radius 3 is 2.64 bits per heavy atom. The van der Waals surface area contributed by atoms with Gasteiger partial charge >= 0.3 is 0 Å². The number of ether oxygens (including phenoxy) is 1. The van der Waals surface area contributed by atoms with Crippen molar-refractivity contribution in [2.75, 3.05) is 26.3 Å². The number of morpholine rings is 1. The molecule has 1 amide bonds. The molecule has 0 N–H and O–H groups in total. The first-order valence-corrected chi connectivity index (χ1v) is 8.83. The Kier molecular flexibility index (Phi) is 5.57. The SMILES string of the molecule is O=C(c1ccc(Sc2cccc(Cl)c2)c([N+](=O)[O-])c1)N1CCOCC1. The quantitative estimate of drug-likeness (QED) is 0.596. The van der Waals surface area contributed by atoms with Crippen LogP contribution in [0.5, 0.6) is 0 Å². The zero-order valence-corrected chi connectivity index (χ0v) is 14.8. The second-order valence-electron chi connectivity index (χ2n) is 5.40. The molecular weight excluding hydrogens is 364 g/mol. The number of hydrogen-bond donors (Lipinski definition) is 0. The summed E-state index contributed by atoms with van der Waals surface area (Å²) in [6, 6.07) is 11.7. The van der Waals surface area contributed by atoms with Crippen LogP contribution in [0.4, 0.5) is 5.69 Å². The van der Waals surface area contributed by atoms with Crippen molar-refractivity contribution in [3.05, 3.63) is 63.2 Å². The molecule has 2 aromatic carbocycles. The Morgan fingerprint density at radius 1 is 1.20 bits per heavy atom. The van der Waals surface area contributed by atoms with Gasteiger partial charge in [0.2, 0.25) is 0 Å². The van der Waals surface area contributed by atoms with Gasteiger partial charge in [-0.2, -0.15) is 0 Å². The predicted octanol–water partition coefficient (Wildman–Crippen LogP) is 3.87. The van der Waals surface area contributed by atoms with Gasteiger partial charge in [-0.15, -0.1) is 0 Å². The molecule has 0 aliphatic carbocycles. The van der Waals surface area contributed by atoms with Crippen LogP contribution in [-0.4, -0.2) is 42.0 Å². The number of nitro benzene ring substituents is 1. The molecule has 25 heavy (non-hydrogen) atoms. The van der Waals surface area contributed by atoms with E-state index >= 15 is 0 Å². The van der Waals surface area contributed by atoms with Gasteiger partial charge in [0, 0.05) is 34.6 Å². The number of rotatable bonds is 4. The second kappa shape index (κ2) is 7.86. The van der Waals surface area contributed by atoms with Crippen LogP contribution in [-0.2, 0) is 4.74 Å². The molecule has 1 aliphatic rings. The molecular formula is C17H15ClN2O4S. The molecule has 0 saturated carbocycles. The maximum Gasteiger partial charge on any atom is 0.284 e. The van der Waals surface area contributed by atoms with Crippen LogP contribution in [0.15, 0.2) is 52.3 Å². The first-order chi connectivity index (χ1) is 12.0. The summed E-state index contributed by atoms with van der Waals surface area (Å²) in [6.45, 7) is 1.95. The fraction of sp³-hybridized carbons (Fsp3) is 0.235. The third-order valence-electron chi connectivity index (χ3n) is 3.72. The molecule has 0 unspecified atom stereocenters. The zero-order valence-electron chi connectivity index (χ0n) is 13.2. The van der Waals surface area contributed by atoms with Gasteiger partial charge in [-0.3, -0.25) is 14.9 Å². The maximum absolute atomic E-state index is 12.5. The summed E-state index contributed by atoms with van der Waals surface area (Å²) in [5, 5.41) is 12.0. The molecule has 8 heteroatoms. The van der Waals surface area contributed by atoms with Crippen LogP contribution in [0.25, 0.3) is 0 Å². The predicted molar refractivity (Wildman–Crippen MR) is 95.4 cm³/mol. The average Bonchev–Trinajstić information content (AvgIpc) is 2.62. The number of hydrogen-bond acceptors (Lipinski definition) is 5. The lowest BCUT2D eigenvalue weighted by Crippen LogP contribution is -2.40. The lowest BCUT2D eigenvalue weighted by atomic mass is 10.1. The number of benzene rings is 2. The van der Waals surface area contributed by atoms with Crippen LogP contribution >= 0.6 is 23.4 Å².